The summed E-state index contributed by atoms with van der Waals surface area (Å²) < 4.78 is 5.11. The highest BCUT2D eigenvalue weighted by Crippen LogP contribution is 2.24. The summed E-state index contributed by atoms with van der Waals surface area (Å²) in [6.45, 7) is 1.68. The molecule has 0 saturated carbocycles. The number of hydrogen-bond donors (Lipinski definition) is 2. The number of aromatic nitrogens is 2. The zero-order valence-corrected chi connectivity index (χ0v) is 13.4. The van der Waals surface area contributed by atoms with E-state index >= 15 is 0 Å². The van der Waals surface area contributed by atoms with Gasteiger partial charge in [-0.3, -0.25) is 0 Å². The second-order valence-corrected chi connectivity index (χ2v) is 4.38. The van der Waals surface area contributed by atoms with E-state index in [4.69, 9.17) is 16.3 Å². The summed E-state index contributed by atoms with van der Waals surface area (Å²) in [5, 5.41) is 4.00. The SMILES string of the molecule is COc1ccc(CNCCc2cnc[nH]2)cc1Cl.Cl.Cl. The molecular weight excluding hydrogens is 321 g/mol. The van der Waals surface area contributed by atoms with Gasteiger partial charge in [-0.25, -0.2) is 4.98 Å². The number of H-pyrrole nitrogens is 1. The van der Waals surface area contributed by atoms with Crippen molar-refractivity contribution in [2.45, 2.75) is 13.0 Å². The fraction of sp³-hybridized carbons (Fsp3) is 0.308. The Morgan fingerprint density at radius 1 is 1.35 bits per heavy atom. The highest BCUT2D eigenvalue weighted by Gasteiger charge is 2.01. The van der Waals surface area contributed by atoms with Gasteiger partial charge in [0.2, 0.25) is 0 Å². The Morgan fingerprint density at radius 3 is 2.75 bits per heavy atom. The van der Waals surface area contributed by atoms with Crippen LogP contribution in [0.15, 0.2) is 30.7 Å². The van der Waals surface area contributed by atoms with Crippen LogP contribution in [0, 0.1) is 0 Å². The van der Waals surface area contributed by atoms with E-state index in [2.05, 4.69) is 15.3 Å². The van der Waals surface area contributed by atoms with E-state index in [1.807, 2.05) is 24.4 Å². The van der Waals surface area contributed by atoms with Gasteiger partial charge < -0.3 is 15.0 Å². The topological polar surface area (TPSA) is 49.9 Å². The van der Waals surface area contributed by atoms with Gasteiger partial charge in [0.1, 0.15) is 5.75 Å². The first-order chi connectivity index (χ1) is 8.79. The molecule has 2 rings (SSSR count). The second kappa shape index (κ2) is 9.88. The van der Waals surface area contributed by atoms with Crippen molar-refractivity contribution in [1.29, 1.82) is 0 Å². The van der Waals surface area contributed by atoms with Crippen molar-refractivity contribution in [2.75, 3.05) is 13.7 Å². The maximum Gasteiger partial charge on any atom is 0.137 e. The maximum absolute atomic E-state index is 6.06. The summed E-state index contributed by atoms with van der Waals surface area (Å²) in [6.07, 6.45) is 4.47. The third-order valence-electron chi connectivity index (χ3n) is 2.67. The Kier molecular flexibility index (Phi) is 9.42. The predicted octanol–water partition coefficient (Wildman–Crippen LogP) is 3.25. The quantitative estimate of drug-likeness (QED) is 0.795. The molecule has 2 aromatic rings. The fourth-order valence-electron chi connectivity index (χ4n) is 1.70. The summed E-state index contributed by atoms with van der Waals surface area (Å²) in [5.74, 6) is 0.706. The standard InChI is InChI=1S/C13H16ClN3O.2ClH/c1-18-13-3-2-10(6-12(13)14)7-15-5-4-11-8-16-9-17-11;;/h2-3,6,8-9,15H,4-5,7H2,1H3,(H,16,17);2*1H. The van der Waals surface area contributed by atoms with Crippen molar-refractivity contribution in [3.63, 3.8) is 0 Å². The average molecular weight is 339 g/mol. The normalized spacial score (nSPS) is 9.50. The Morgan fingerprint density at radius 2 is 2.15 bits per heavy atom. The molecule has 0 aliphatic carbocycles. The van der Waals surface area contributed by atoms with E-state index in [9.17, 15) is 0 Å². The van der Waals surface area contributed by atoms with E-state index in [1.54, 1.807) is 13.4 Å². The number of rotatable bonds is 6. The van der Waals surface area contributed by atoms with E-state index in [0.29, 0.717) is 10.8 Å². The zero-order valence-electron chi connectivity index (χ0n) is 11.1. The average Bonchev–Trinajstić information content (AvgIpc) is 2.88. The van der Waals surface area contributed by atoms with Crippen molar-refractivity contribution in [3.05, 3.63) is 47.0 Å². The lowest BCUT2D eigenvalue weighted by Crippen LogP contribution is -2.16. The molecule has 0 atom stereocenters. The second-order valence-electron chi connectivity index (χ2n) is 3.97. The van der Waals surface area contributed by atoms with Crippen LogP contribution in [0.4, 0.5) is 0 Å². The van der Waals surface area contributed by atoms with Crippen molar-refractivity contribution >= 4 is 36.4 Å². The molecule has 2 N–H and O–H groups in total. The lowest BCUT2D eigenvalue weighted by atomic mass is 10.2. The van der Waals surface area contributed by atoms with Gasteiger partial charge in [-0.15, -0.1) is 24.8 Å². The molecule has 0 saturated heterocycles. The van der Waals surface area contributed by atoms with Crippen LogP contribution in [0.2, 0.25) is 5.02 Å². The lowest BCUT2D eigenvalue weighted by molar-refractivity contribution is 0.415. The summed E-state index contributed by atoms with van der Waals surface area (Å²) >= 11 is 6.06. The molecule has 0 fully saturated rings. The molecule has 0 amide bonds. The molecule has 1 aromatic carbocycles. The van der Waals surface area contributed by atoms with Crippen molar-refractivity contribution in [3.8, 4) is 5.75 Å². The third kappa shape index (κ3) is 5.59. The zero-order chi connectivity index (χ0) is 12.8. The monoisotopic (exact) mass is 337 g/mol. The molecule has 4 nitrogen and oxygen atoms in total. The maximum atomic E-state index is 6.06. The third-order valence-corrected chi connectivity index (χ3v) is 2.97. The summed E-state index contributed by atoms with van der Waals surface area (Å²) in [6, 6.07) is 5.81. The minimum absolute atomic E-state index is 0. The number of nitrogens with zero attached hydrogens (tertiary/aromatic N) is 1. The number of aromatic amines is 1. The van der Waals surface area contributed by atoms with Gasteiger partial charge in [0.15, 0.2) is 0 Å². The lowest BCUT2D eigenvalue weighted by Gasteiger charge is -2.07. The van der Waals surface area contributed by atoms with E-state index in [1.165, 1.54) is 0 Å². The van der Waals surface area contributed by atoms with Gasteiger partial charge in [0, 0.05) is 31.4 Å². The Bertz CT molecular complexity index is 492. The molecule has 112 valence electrons. The number of methoxy groups -OCH3 is 1. The first-order valence-corrected chi connectivity index (χ1v) is 6.18. The Labute approximate surface area is 136 Å². The molecule has 1 heterocycles. The molecule has 0 aliphatic heterocycles. The van der Waals surface area contributed by atoms with Crippen LogP contribution < -0.4 is 10.1 Å². The molecule has 0 spiro atoms. The number of halogens is 3. The van der Waals surface area contributed by atoms with Gasteiger partial charge in [-0.2, -0.15) is 0 Å². The van der Waals surface area contributed by atoms with E-state index < -0.39 is 0 Å². The van der Waals surface area contributed by atoms with Crippen LogP contribution >= 0.6 is 36.4 Å². The first-order valence-electron chi connectivity index (χ1n) is 5.80. The first kappa shape index (κ1) is 19.1. The molecule has 0 unspecified atom stereocenters. The largest absolute Gasteiger partial charge is 0.495 e. The fourth-order valence-corrected chi connectivity index (χ4v) is 1.98. The number of imidazole rings is 1. The van der Waals surface area contributed by atoms with Crippen molar-refractivity contribution in [2.24, 2.45) is 0 Å². The van der Waals surface area contributed by atoms with Crippen molar-refractivity contribution in [1.82, 2.24) is 15.3 Å². The van der Waals surface area contributed by atoms with Crippen molar-refractivity contribution < 1.29 is 4.74 Å². The van der Waals surface area contributed by atoms with Crippen LogP contribution in [0.5, 0.6) is 5.75 Å². The number of hydrogen-bond acceptors (Lipinski definition) is 3. The molecule has 0 bridgehead atoms. The molecule has 1 aromatic heterocycles. The van der Waals surface area contributed by atoms with Crippen LogP contribution in [-0.2, 0) is 13.0 Å². The molecule has 7 heteroatoms. The molecule has 0 radical (unpaired) electrons. The van der Waals surface area contributed by atoms with Gasteiger partial charge in [0.05, 0.1) is 18.5 Å². The number of ether oxygens (including phenoxy) is 1. The molecule has 0 aliphatic rings. The highest BCUT2D eigenvalue weighted by molar-refractivity contribution is 6.32. The van der Waals surface area contributed by atoms with E-state index in [0.717, 1.165) is 30.8 Å². The van der Waals surface area contributed by atoms with Crippen LogP contribution in [0.1, 0.15) is 11.3 Å². The minimum Gasteiger partial charge on any atom is -0.495 e. The van der Waals surface area contributed by atoms with E-state index in [-0.39, 0.29) is 24.8 Å². The molecular formula is C13H18Cl3N3O. The predicted molar refractivity (Wildman–Crippen MR) is 86.5 cm³/mol. The Hall–Kier alpha value is -0.940. The van der Waals surface area contributed by atoms with Crippen LogP contribution in [0.25, 0.3) is 0 Å². The molecule has 20 heavy (non-hydrogen) atoms. The van der Waals surface area contributed by atoms with Gasteiger partial charge >= 0.3 is 0 Å². The van der Waals surface area contributed by atoms with Gasteiger partial charge in [-0.05, 0) is 17.7 Å². The smallest absolute Gasteiger partial charge is 0.137 e. The van der Waals surface area contributed by atoms with Crippen LogP contribution in [0.3, 0.4) is 0 Å². The summed E-state index contributed by atoms with van der Waals surface area (Å²) in [7, 11) is 1.61. The highest BCUT2D eigenvalue weighted by atomic mass is 35.5. The summed E-state index contributed by atoms with van der Waals surface area (Å²) in [4.78, 5) is 7.05. The van der Waals surface area contributed by atoms with Gasteiger partial charge in [0.25, 0.3) is 0 Å². The summed E-state index contributed by atoms with van der Waals surface area (Å²) in [5.41, 5.74) is 2.28. The number of nitrogens with one attached hydrogen (secondary N) is 2. The Balaban J connectivity index is 0.00000180. The van der Waals surface area contributed by atoms with Gasteiger partial charge in [-0.1, -0.05) is 17.7 Å². The minimum atomic E-state index is 0. The van der Waals surface area contributed by atoms with Crippen LogP contribution in [-0.4, -0.2) is 23.6 Å². The number of benzene rings is 1.